The number of allylic oxidation sites excluding steroid dienone is 2. The Hall–Kier alpha value is -2.29. The van der Waals surface area contributed by atoms with E-state index in [9.17, 15) is 9.59 Å². The number of rotatable bonds is 11. The lowest BCUT2D eigenvalue weighted by molar-refractivity contribution is -0.305. The van der Waals surface area contributed by atoms with Gasteiger partial charge >= 0.3 is 5.97 Å². The fraction of sp³-hybridized carbons (Fsp3) is 0.556. The fourth-order valence-corrected chi connectivity index (χ4v) is 5.75. The van der Waals surface area contributed by atoms with Gasteiger partial charge in [0, 0.05) is 38.3 Å². The molecule has 3 rings (SSSR count). The quantitative estimate of drug-likeness (QED) is 0.171. The molecule has 0 aromatic heterocycles. The van der Waals surface area contributed by atoms with E-state index < -0.39 is 5.79 Å². The first-order chi connectivity index (χ1) is 16.8. The summed E-state index contributed by atoms with van der Waals surface area (Å²) in [5.74, 6) is -0.131. The lowest BCUT2D eigenvalue weighted by Crippen LogP contribution is -2.60. The van der Waals surface area contributed by atoms with Crippen molar-refractivity contribution in [3.8, 4) is 5.75 Å². The molecule has 8 heteroatoms. The van der Waals surface area contributed by atoms with Crippen LogP contribution in [0.5, 0.6) is 5.75 Å². The summed E-state index contributed by atoms with van der Waals surface area (Å²) in [5, 5.41) is -0.0160. The molecule has 0 saturated carbocycles. The van der Waals surface area contributed by atoms with Crippen molar-refractivity contribution < 1.29 is 28.5 Å². The van der Waals surface area contributed by atoms with Crippen LogP contribution < -0.4 is 4.74 Å². The topological polar surface area (TPSA) is 74.3 Å². The average Bonchev–Trinajstić information content (AvgIpc) is 3.19. The first-order valence-corrected chi connectivity index (χ1v) is 13.0. The summed E-state index contributed by atoms with van der Waals surface area (Å²) in [6.45, 7) is 7.96. The highest BCUT2D eigenvalue weighted by Crippen LogP contribution is 2.42. The molecule has 2 saturated heterocycles. The third-order valence-electron chi connectivity index (χ3n) is 6.37. The van der Waals surface area contributed by atoms with Crippen molar-refractivity contribution in [1.82, 2.24) is 4.90 Å². The number of carbonyl (C=O) groups excluding carboxylic acids is 2. The molecule has 1 aromatic rings. The van der Waals surface area contributed by atoms with Gasteiger partial charge in [-0.3, -0.25) is 4.79 Å². The second kappa shape index (κ2) is 12.6. The van der Waals surface area contributed by atoms with E-state index in [-0.39, 0.29) is 29.5 Å². The van der Waals surface area contributed by atoms with Crippen LogP contribution in [-0.4, -0.2) is 60.1 Å². The molecule has 2 fully saturated rings. The smallest absolute Gasteiger partial charge is 0.330 e. The third kappa shape index (κ3) is 7.12. The number of benzene rings is 1. The first kappa shape index (κ1) is 27.3. The normalized spacial score (nSPS) is 26.3. The molecule has 1 amide bonds. The SMILES string of the molecule is C=CCCCC1CC(OC(=O)C=C(C)C)CC(OC)(C2CSC(=O)N2Cc2ccc(OC)cc2)O1. The minimum Gasteiger partial charge on any atom is -0.497 e. The molecule has 35 heavy (non-hydrogen) atoms. The van der Waals surface area contributed by atoms with Crippen LogP contribution in [0.1, 0.15) is 51.5 Å². The van der Waals surface area contributed by atoms with Gasteiger partial charge in [-0.1, -0.05) is 35.5 Å². The van der Waals surface area contributed by atoms with Gasteiger partial charge in [0.2, 0.25) is 0 Å². The van der Waals surface area contributed by atoms with Crippen LogP contribution in [0.3, 0.4) is 0 Å². The number of hydrogen-bond acceptors (Lipinski definition) is 7. The first-order valence-electron chi connectivity index (χ1n) is 12.1. The Morgan fingerprint density at radius 2 is 2.03 bits per heavy atom. The van der Waals surface area contributed by atoms with Gasteiger partial charge in [0.15, 0.2) is 5.79 Å². The molecular weight excluding hydrogens is 466 g/mol. The lowest BCUT2D eigenvalue weighted by Gasteiger charge is -2.48. The van der Waals surface area contributed by atoms with E-state index in [1.807, 2.05) is 49.1 Å². The Kier molecular flexibility index (Phi) is 9.83. The van der Waals surface area contributed by atoms with E-state index in [1.54, 1.807) is 14.2 Å². The maximum Gasteiger partial charge on any atom is 0.330 e. The van der Waals surface area contributed by atoms with Crippen LogP contribution in [0.2, 0.25) is 0 Å². The number of amides is 1. The molecule has 0 spiro atoms. The van der Waals surface area contributed by atoms with Gasteiger partial charge in [-0.15, -0.1) is 6.58 Å². The molecule has 192 valence electrons. The van der Waals surface area contributed by atoms with Crippen LogP contribution in [0.4, 0.5) is 4.79 Å². The molecule has 0 N–H and O–H groups in total. The number of nitrogens with zero attached hydrogens (tertiary/aromatic N) is 1. The van der Waals surface area contributed by atoms with E-state index in [4.69, 9.17) is 18.9 Å². The number of esters is 1. The second-order valence-corrected chi connectivity index (χ2v) is 10.2. The van der Waals surface area contributed by atoms with Crippen molar-refractivity contribution in [3.05, 3.63) is 54.1 Å². The molecule has 0 radical (unpaired) electrons. The van der Waals surface area contributed by atoms with Crippen molar-refractivity contribution in [1.29, 1.82) is 0 Å². The van der Waals surface area contributed by atoms with Gasteiger partial charge in [0.05, 0.1) is 19.3 Å². The highest BCUT2D eigenvalue weighted by atomic mass is 32.2. The van der Waals surface area contributed by atoms with E-state index in [0.717, 1.165) is 36.1 Å². The summed E-state index contributed by atoms with van der Waals surface area (Å²) in [5.41, 5.74) is 1.87. The van der Waals surface area contributed by atoms with Gasteiger partial charge < -0.3 is 23.8 Å². The van der Waals surface area contributed by atoms with Gasteiger partial charge in [0.25, 0.3) is 5.24 Å². The summed E-state index contributed by atoms with van der Waals surface area (Å²) in [7, 11) is 3.24. The van der Waals surface area contributed by atoms with E-state index in [1.165, 1.54) is 17.8 Å². The van der Waals surface area contributed by atoms with Crippen molar-refractivity contribution >= 4 is 23.0 Å². The Balaban J connectivity index is 1.85. The van der Waals surface area contributed by atoms with Crippen LogP contribution in [0.15, 0.2) is 48.6 Å². The lowest BCUT2D eigenvalue weighted by atomic mass is 9.90. The molecule has 0 aliphatic carbocycles. The van der Waals surface area contributed by atoms with E-state index in [2.05, 4.69) is 6.58 Å². The number of thioether (sulfide) groups is 1. The van der Waals surface area contributed by atoms with Crippen LogP contribution >= 0.6 is 11.8 Å². The fourth-order valence-electron chi connectivity index (χ4n) is 4.66. The van der Waals surface area contributed by atoms with Crippen LogP contribution in [0, 0.1) is 0 Å². The summed E-state index contributed by atoms with van der Waals surface area (Å²) in [6.07, 6.45) is 6.41. The molecule has 2 aliphatic rings. The van der Waals surface area contributed by atoms with Crippen molar-refractivity contribution in [3.63, 3.8) is 0 Å². The number of methoxy groups -OCH3 is 2. The largest absolute Gasteiger partial charge is 0.497 e. The monoisotopic (exact) mass is 503 g/mol. The molecular formula is C27H37NO6S. The molecule has 0 bridgehead atoms. The van der Waals surface area contributed by atoms with Gasteiger partial charge in [-0.05, 0) is 50.8 Å². The highest BCUT2D eigenvalue weighted by molar-refractivity contribution is 8.13. The molecule has 7 nitrogen and oxygen atoms in total. The average molecular weight is 504 g/mol. The zero-order valence-electron chi connectivity index (χ0n) is 21.2. The maximum absolute atomic E-state index is 12.9. The van der Waals surface area contributed by atoms with Crippen LogP contribution in [-0.2, 0) is 25.5 Å². The summed E-state index contributed by atoms with van der Waals surface area (Å²) < 4.78 is 23.8. The Morgan fingerprint density at radius 1 is 1.29 bits per heavy atom. The maximum atomic E-state index is 12.9. The number of ether oxygens (including phenoxy) is 4. The Labute approximate surface area is 212 Å². The second-order valence-electron chi connectivity index (χ2n) is 9.26. The Bertz CT molecular complexity index is 913. The molecule has 4 atom stereocenters. The van der Waals surface area contributed by atoms with Gasteiger partial charge in [-0.25, -0.2) is 4.79 Å². The third-order valence-corrected chi connectivity index (χ3v) is 7.33. The number of hydrogen-bond donors (Lipinski definition) is 0. The standard InChI is InChI=1S/C27H37NO6S/c1-6-7-8-9-22-15-23(33-25(29)14-19(2)3)16-27(32-5,34-22)24-18-35-26(30)28(24)17-20-10-12-21(31-4)13-11-20/h6,10-14,22-24H,1,7-9,15-18H2,2-5H3. The highest BCUT2D eigenvalue weighted by Gasteiger charge is 2.54. The molecule has 4 unspecified atom stereocenters. The molecule has 2 aliphatic heterocycles. The minimum atomic E-state index is -1.07. The van der Waals surface area contributed by atoms with Crippen molar-refractivity contribution in [2.75, 3.05) is 20.0 Å². The summed E-state index contributed by atoms with van der Waals surface area (Å²) >= 11 is 1.27. The Morgan fingerprint density at radius 3 is 2.66 bits per heavy atom. The van der Waals surface area contributed by atoms with Crippen molar-refractivity contribution in [2.45, 2.75) is 76.5 Å². The van der Waals surface area contributed by atoms with Gasteiger partial charge in [-0.2, -0.15) is 0 Å². The summed E-state index contributed by atoms with van der Waals surface area (Å²) in [4.78, 5) is 27.2. The summed E-state index contributed by atoms with van der Waals surface area (Å²) in [6, 6.07) is 7.36. The van der Waals surface area contributed by atoms with E-state index >= 15 is 0 Å². The zero-order chi connectivity index (χ0) is 25.4. The predicted molar refractivity (Wildman–Crippen MR) is 137 cm³/mol. The zero-order valence-corrected chi connectivity index (χ0v) is 22.0. The van der Waals surface area contributed by atoms with Crippen molar-refractivity contribution in [2.24, 2.45) is 0 Å². The number of carbonyl (C=O) groups is 2. The predicted octanol–water partition coefficient (Wildman–Crippen LogP) is 5.49. The molecule has 1 aromatic carbocycles. The minimum absolute atomic E-state index is 0.0160. The molecule has 2 heterocycles. The number of unbranched alkanes of at least 4 members (excludes halogenated alkanes) is 1. The van der Waals surface area contributed by atoms with Crippen LogP contribution in [0.25, 0.3) is 0 Å². The van der Waals surface area contributed by atoms with Gasteiger partial charge in [0.1, 0.15) is 11.9 Å². The van der Waals surface area contributed by atoms with E-state index in [0.29, 0.717) is 25.1 Å².